The van der Waals surface area contributed by atoms with E-state index >= 15 is 0 Å². The highest BCUT2D eigenvalue weighted by Crippen LogP contribution is 2.33. The van der Waals surface area contributed by atoms with Gasteiger partial charge in [-0.1, -0.05) is 39.8 Å². The summed E-state index contributed by atoms with van der Waals surface area (Å²) in [5.74, 6) is -0.0455. The van der Waals surface area contributed by atoms with Crippen molar-refractivity contribution in [2.24, 2.45) is 0 Å². The van der Waals surface area contributed by atoms with Crippen LogP contribution in [0.4, 0.5) is 0 Å². The van der Waals surface area contributed by atoms with E-state index in [1.165, 1.54) is 39.5 Å². The zero-order valence-corrected chi connectivity index (χ0v) is 17.0. The van der Waals surface area contributed by atoms with Crippen LogP contribution in [0.2, 0.25) is 0 Å². The van der Waals surface area contributed by atoms with Crippen LogP contribution < -0.4 is 9.47 Å². The number of para-hydroxylation sites is 2. The summed E-state index contributed by atoms with van der Waals surface area (Å²) in [6.07, 6.45) is 0. The minimum Gasteiger partial charge on any atom is -0.493 e. The molecule has 0 saturated carbocycles. The van der Waals surface area contributed by atoms with Crippen LogP contribution >= 0.6 is 0 Å². The van der Waals surface area contributed by atoms with Crippen molar-refractivity contribution in [3.05, 3.63) is 53.6 Å². The van der Waals surface area contributed by atoms with Gasteiger partial charge in [-0.25, -0.2) is 9.59 Å². The van der Waals surface area contributed by atoms with Gasteiger partial charge >= 0.3 is 11.9 Å². The van der Waals surface area contributed by atoms with E-state index in [0.29, 0.717) is 11.5 Å². The van der Waals surface area contributed by atoms with Crippen LogP contribution in [0.15, 0.2) is 42.5 Å². The minimum absolute atomic E-state index is 0.171. The summed E-state index contributed by atoms with van der Waals surface area (Å²) in [6.45, 7) is 8.00. The Labute approximate surface area is 161 Å². The predicted molar refractivity (Wildman–Crippen MR) is 105 cm³/mol. The van der Waals surface area contributed by atoms with Crippen molar-refractivity contribution < 1.29 is 28.5 Å². The number of carbonyl (C=O) groups is 2. The van der Waals surface area contributed by atoms with Crippen molar-refractivity contribution in [3.8, 4) is 17.2 Å². The maximum Gasteiger partial charge on any atom is 0.341 e. The molecule has 0 heterocycles. The van der Waals surface area contributed by atoms with Gasteiger partial charge in [0.2, 0.25) is 0 Å². The highest BCUT2D eigenvalue weighted by atomic mass is 16.5. The molecule has 0 unspecified atom stereocenters. The molecule has 148 valence electrons. The van der Waals surface area contributed by atoms with Crippen molar-refractivity contribution in [3.63, 3.8) is 0 Å². The number of benzene rings is 2. The average Bonchev–Trinajstić information content (AvgIpc) is 2.75. The first-order chi connectivity index (χ1) is 13.1. The highest BCUT2D eigenvalue weighted by molar-refractivity contribution is 5.96. The summed E-state index contributed by atoms with van der Waals surface area (Å²) in [6, 6.07) is 11.3. The van der Waals surface area contributed by atoms with Gasteiger partial charge in [0.15, 0.2) is 11.5 Å². The topological polar surface area (TPSA) is 71.1 Å². The lowest BCUT2D eigenvalue weighted by Gasteiger charge is -2.13. The summed E-state index contributed by atoms with van der Waals surface area (Å²) in [5, 5.41) is 0. The van der Waals surface area contributed by atoms with Crippen LogP contribution in [0.3, 0.4) is 0 Å². The fourth-order valence-corrected chi connectivity index (χ4v) is 1.95. The molecule has 2 aromatic rings. The summed E-state index contributed by atoms with van der Waals surface area (Å²) < 4.78 is 20.4. The first kappa shape index (κ1) is 24.0. The van der Waals surface area contributed by atoms with Gasteiger partial charge in [0, 0.05) is 0 Å². The predicted octanol–water partition coefficient (Wildman–Crippen LogP) is 5.11. The molecule has 2 rings (SSSR count). The molecule has 0 atom stereocenters. The molecule has 0 N–H and O–H groups in total. The Kier molecular flexibility index (Phi) is 11.7. The van der Waals surface area contributed by atoms with Gasteiger partial charge in [-0.2, -0.15) is 0 Å². The number of hydrogen-bond acceptors (Lipinski definition) is 6. The SMILES string of the molecule is CC.CC.COC(=O)c1ccc(C(=O)OC)c(Oc2ccccc2OC)c1. The molecular formula is C21H28O6. The van der Waals surface area contributed by atoms with Crippen molar-refractivity contribution in [2.75, 3.05) is 21.3 Å². The van der Waals surface area contributed by atoms with E-state index in [9.17, 15) is 9.59 Å². The second-order valence-electron chi connectivity index (χ2n) is 4.45. The Balaban J connectivity index is 0.00000158. The van der Waals surface area contributed by atoms with E-state index in [4.69, 9.17) is 14.2 Å². The Morgan fingerprint density at radius 2 is 1.26 bits per heavy atom. The third-order valence-electron chi connectivity index (χ3n) is 3.10. The number of carbonyl (C=O) groups excluding carboxylic acids is 2. The molecule has 0 aliphatic rings. The standard InChI is InChI=1S/C17H16O6.2C2H6/c1-20-13-6-4-5-7-14(13)23-15-10-11(16(18)21-2)8-9-12(15)17(19)22-3;2*1-2/h4-10H,1-3H3;2*1-2H3. The van der Waals surface area contributed by atoms with Crippen molar-refractivity contribution >= 4 is 11.9 Å². The highest BCUT2D eigenvalue weighted by Gasteiger charge is 2.18. The second kappa shape index (κ2) is 13.2. The maximum absolute atomic E-state index is 11.9. The van der Waals surface area contributed by atoms with Gasteiger partial charge in [0.25, 0.3) is 0 Å². The van der Waals surface area contributed by atoms with Gasteiger partial charge in [-0.05, 0) is 30.3 Å². The van der Waals surface area contributed by atoms with Crippen LogP contribution in [0.25, 0.3) is 0 Å². The molecule has 27 heavy (non-hydrogen) atoms. The minimum atomic E-state index is -0.577. The molecule has 2 aromatic carbocycles. The molecule has 0 radical (unpaired) electrons. The number of hydrogen-bond donors (Lipinski definition) is 0. The molecule has 6 nitrogen and oxygen atoms in total. The Bertz CT molecular complexity index is 724. The van der Waals surface area contributed by atoms with Gasteiger partial charge in [0.1, 0.15) is 11.3 Å². The molecule has 0 bridgehead atoms. The van der Waals surface area contributed by atoms with Crippen molar-refractivity contribution in [1.29, 1.82) is 0 Å². The third kappa shape index (κ3) is 6.66. The van der Waals surface area contributed by atoms with Crippen LogP contribution in [-0.2, 0) is 9.47 Å². The van der Waals surface area contributed by atoms with E-state index < -0.39 is 11.9 Å². The van der Waals surface area contributed by atoms with Crippen molar-refractivity contribution in [1.82, 2.24) is 0 Å². The quantitative estimate of drug-likeness (QED) is 0.675. The summed E-state index contributed by atoms with van der Waals surface area (Å²) in [7, 11) is 4.05. The fourth-order valence-electron chi connectivity index (χ4n) is 1.95. The largest absolute Gasteiger partial charge is 0.493 e. The first-order valence-corrected chi connectivity index (χ1v) is 8.72. The summed E-state index contributed by atoms with van der Waals surface area (Å²) in [4.78, 5) is 23.6. The first-order valence-electron chi connectivity index (χ1n) is 8.72. The average molecular weight is 376 g/mol. The lowest BCUT2D eigenvalue weighted by Crippen LogP contribution is -2.07. The summed E-state index contributed by atoms with van der Waals surface area (Å²) >= 11 is 0. The molecule has 0 fully saturated rings. The molecule has 0 aliphatic heterocycles. The smallest absolute Gasteiger partial charge is 0.341 e. The third-order valence-corrected chi connectivity index (χ3v) is 3.10. The van der Waals surface area contributed by atoms with E-state index in [0.717, 1.165) is 0 Å². The molecule has 0 aromatic heterocycles. The number of ether oxygens (including phenoxy) is 4. The van der Waals surface area contributed by atoms with Crippen molar-refractivity contribution in [2.45, 2.75) is 27.7 Å². The van der Waals surface area contributed by atoms with E-state index in [2.05, 4.69) is 4.74 Å². The van der Waals surface area contributed by atoms with E-state index in [-0.39, 0.29) is 16.9 Å². The van der Waals surface area contributed by atoms with E-state index in [1.807, 2.05) is 27.7 Å². The lowest BCUT2D eigenvalue weighted by molar-refractivity contribution is 0.0584. The van der Waals surface area contributed by atoms with Crippen LogP contribution in [-0.4, -0.2) is 33.3 Å². The van der Waals surface area contributed by atoms with Gasteiger partial charge < -0.3 is 18.9 Å². The molecular weight excluding hydrogens is 348 g/mol. The molecule has 0 amide bonds. The summed E-state index contributed by atoms with van der Waals surface area (Å²) in [5.41, 5.74) is 0.441. The molecule has 0 spiro atoms. The molecule has 0 aliphatic carbocycles. The van der Waals surface area contributed by atoms with Gasteiger partial charge in [-0.3, -0.25) is 0 Å². The fraction of sp³-hybridized carbons (Fsp3) is 0.333. The normalized spacial score (nSPS) is 8.85. The van der Waals surface area contributed by atoms with Crippen LogP contribution in [0, 0.1) is 0 Å². The number of esters is 2. The molecule has 6 heteroatoms. The van der Waals surface area contributed by atoms with Gasteiger partial charge in [-0.15, -0.1) is 0 Å². The Morgan fingerprint density at radius 1 is 0.704 bits per heavy atom. The van der Waals surface area contributed by atoms with E-state index in [1.54, 1.807) is 24.3 Å². The lowest BCUT2D eigenvalue weighted by atomic mass is 10.1. The zero-order chi connectivity index (χ0) is 20.8. The van der Waals surface area contributed by atoms with Crippen LogP contribution in [0.5, 0.6) is 17.2 Å². The van der Waals surface area contributed by atoms with Crippen LogP contribution in [0.1, 0.15) is 48.4 Å². The number of rotatable bonds is 5. The Morgan fingerprint density at radius 3 is 1.78 bits per heavy atom. The second-order valence-corrected chi connectivity index (χ2v) is 4.45. The monoisotopic (exact) mass is 376 g/mol. The van der Waals surface area contributed by atoms with Gasteiger partial charge in [0.05, 0.1) is 26.9 Å². The molecule has 0 saturated heterocycles. The number of methoxy groups -OCH3 is 3. The maximum atomic E-state index is 11.9. The zero-order valence-electron chi connectivity index (χ0n) is 17.0. The Hall–Kier alpha value is -3.02.